The van der Waals surface area contributed by atoms with Gasteiger partial charge in [0.1, 0.15) is 0 Å². The third-order valence-corrected chi connectivity index (χ3v) is 5.31. The zero-order chi connectivity index (χ0) is 21.0. The van der Waals surface area contributed by atoms with Gasteiger partial charge in [-0.05, 0) is 29.5 Å². The molecule has 7 heteroatoms. The number of nitrogens with one attached hydrogen (secondary N) is 2. The van der Waals surface area contributed by atoms with E-state index in [1.165, 1.54) is 0 Å². The Kier molecular flexibility index (Phi) is 6.57. The Morgan fingerprint density at radius 2 is 1.90 bits per heavy atom. The molecule has 0 saturated carbocycles. The molecule has 1 aromatic rings. The third-order valence-electron chi connectivity index (χ3n) is 5.31. The molecule has 2 N–H and O–H groups in total. The summed E-state index contributed by atoms with van der Waals surface area (Å²) in [5.74, 6) is -0.0448. The molecule has 0 aliphatic carbocycles. The van der Waals surface area contributed by atoms with Gasteiger partial charge >= 0.3 is 0 Å². The molecule has 158 valence electrons. The van der Waals surface area contributed by atoms with Crippen LogP contribution in [0.15, 0.2) is 24.3 Å². The maximum atomic E-state index is 12.5. The van der Waals surface area contributed by atoms with Gasteiger partial charge in [-0.3, -0.25) is 19.3 Å². The summed E-state index contributed by atoms with van der Waals surface area (Å²) in [6.07, 6.45) is 1.67. The quantitative estimate of drug-likeness (QED) is 0.761. The van der Waals surface area contributed by atoms with E-state index in [0.717, 1.165) is 37.3 Å². The van der Waals surface area contributed by atoms with Crippen LogP contribution >= 0.6 is 0 Å². The highest BCUT2D eigenvalue weighted by Crippen LogP contribution is 2.22. The average Bonchev–Trinajstić information content (AvgIpc) is 3.08. The van der Waals surface area contributed by atoms with E-state index in [1.807, 2.05) is 24.3 Å². The van der Waals surface area contributed by atoms with Crippen LogP contribution in [-0.2, 0) is 20.9 Å². The summed E-state index contributed by atoms with van der Waals surface area (Å²) in [5, 5.41) is 5.79. The highest BCUT2D eigenvalue weighted by Gasteiger charge is 2.33. The molecule has 2 aliphatic heterocycles. The van der Waals surface area contributed by atoms with E-state index >= 15 is 0 Å². The van der Waals surface area contributed by atoms with Crippen LogP contribution in [0.3, 0.4) is 0 Å². The zero-order valence-corrected chi connectivity index (χ0v) is 17.7. The van der Waals surface area contributed by atoms with E-state index in [1.54, 1.807) is 4.90 Å². The Morgan fingerprint density at radius 3 is 2.52 bits per heavy atom. The van der Waals surface area contributed by atoms with E-state index in [4.69, 9.17) is 0 Å². The summed E-state index contributed by atoms with van der Waals surface area (Å²) in [7, 11) is 0. The molecular formula is C22H32N4O3. The second kappa shape index (κ2) is 8.95. The summed E-state index contributed by atoms with van der Waals surface area (Å²) in [6, 6.07) is 7.28. The van der Waals surface area contributed by atoms with Gasteiger partial charge in [0.25, 0.3) is 0 Å². The van der Waals surface area contributed by atoms with Gasteiger partial charge in [-0.15, -0.1) is 0 Å². The molecule has 0 spiro atoms. The Bertz CT molecular complexity index is 754. The highest BCUT2D eigenvalue weighted by molar-refractivity contribution is 5.95. The van der Waals surface area contributed by atoms with Crippen LogP contribution in [0.2, 0.25) is 0 Å². The van der Waals surface area contributed by atoms with Crippen molar-refractivity contribution in [1.82, 2.24) is 15.5 Å². The molecule has 1 aromatic carbocycles. The van der Waals surface area contributed by atoms with Crippen molar-refractivity contribution in [1.29, 1.82) is 0 Å². The van der Waals surface area contributed by atoms with Crippen molar-refractivity contribution in [2.75, 3.05) is 31.1 Å². The maximum absolute atomic E-state index is 12.5. The van der Waals surface area contributed by atoms with Crippen molar-refractivity contribution in [2.24, 2.45) is 5.41 Å². The van der Waals surface area contributed by atoms with Gasteiger partial charge in [0, 0.05) is 44.8 Å². The highest BCUT2D eigenvalue weighted by atomic mass is 16.2. The monoisotopic (exact) mass is 400 g/mol. The number of benzene rings is 1. The van der Waals surface area contributed by atoms with Crippen molar-refractivity contribution in [3.63, 3.8) is 0 Å². The number of amides is 3. The van der Waals surface area contributed by atoms with Crippen molar-refractivity contribution < 1.29 is 14.4 Å². The molecule has 3 rings (SSSR count). The normalized spacial score (nSPS) is 20.7. The maximum Gasteiger partial charge on any atom is 0.237 e. The molecule has 2 fully saturated rings. The molecule has 3 amide bonds. The molecule has 7 nitrogen and oxygen atoms in total. The molecule has 0 radical (unpaired) electrons. The number of piperazine rings is 1. The lowest BCUT2D eigenvalue weighted by atomic mass is 9.94. The largest absolute Gasteiger partial charge is 0.353 e. The van der Waals surface area contributed by atoms with Crippen LogP contribution in [0.1, 0.15) is 45.6 Å². The lowest BCUT2D eigenvalue weighted by Crippen LogP contribution is -2.58. The first-order chi connectivity index (χ1) is 13.7. The summed E-state index contributed by atoms with van der Waals surface area (Å²) in [6.45, 7) is 9.73. The fourth-order valence-corrected chi connectivity index (χ4v) is 3.95. The fraction of sp³-hybridized carbons (Fsp3) is 0.591. The van der Waals surface area contributed by atoms with Crippen LogP contribution in [0.5, 0.6) is 0 Å². The van der Waals surface area contributed by atoms with Crippen LogP contribution in [-0.4, -0.2) is 54.8 Å². The summed E-state index contributed by atoms with van der Waals surface area (Å²) >= 11 is 0. The van der Waals surface area contributed by atoms with E-state index < -0.39 is 6.04 Å². The standard InChI is InChI=1S/C22H32N4O3/c1-22(2,3)15-25-12-10-23-21(29)18(25)13-19(27)24-14-16-6-8-17(9-7-16)26-11-4-5-20(26)28/h6-9,18H,4-5,10-15H2,1-3H3,(H,23,29)(H,24,27)/t18-/m1/s1. The number of nitrogens with zero attached hydrogens (tertiary/aromatic N) is 2. The van der Waals surface area contributed by atoms with Gasteiger partial charge in [-0.25, -0.2) is 0 Å². The van der Waals surface area contributed by atoms with Gasteiger partial charge < -0.3 is 15.5 Å². The van der Waals surface area contributed by atoms with E-state index in [0.29, 0.717) is 19.5 Å². The lowest BCUT2D eigenvalue weighted by Gasteiger charge is -2.38. The van der Waals surface area contributed by atoms with Crippen LogP contribution in [0, 0.1) is 5.41 Å². The van der Waals surface area contributed by atoms with Crippen LogP contribution < -0.4 is 15.5 Å². The molecule has 0 aromatic heterocycles. The van der Waals surface area contributed by atoms with Gasteiger partial charge in [-0.1, -0.05) is 32.9 Å². The van der Waals surface area contributed by atoms with Gasteiger partial charge in [0.15, 0.2) is 0 Å². The first-order valence-electron chi connectivity index (χ1n) is 10.4. The Balaban J connectivity index is 1.53. The van der Waals surface area contributed by atoms with Gasteiger partial charge in [0.05, 0.1) is 12.5 Å². The molecule has 29 heavy (non-hydrogen) atoms. The van der Waals surface area contributed by atoms with Crippen LogP contribution in [0.4, 0.5) is 5.69 Å². The van der Waals surface area contributed by atoms with E-state index in [2.05, 4.69) is 36.3 Å². The molecule has 2 aliphatic rings. The molecule has 2 heterocycles. The number of rotatable bonds is 6. The summed E-state index contributed by atoms with van der Waals surface area (Å²) in [4.78, 5) is 40.6. The Labute approximate surface area is 172 Å². The first-order valence-corrected chi connectivity index (χ1v) is 10.4. The predicted octanol–water partition coefficient (Wildman–Crippen LogP) is 1.67. The smallest absolute Gasteiger partial charge is 0.237 e. The SMILES string of the molecule is CC(C)(C)CN1CCNC(=O)[C@H]1CC(=O)NCc1ccc(N2CCCC2=O)cc1. The first kappa shape index (κ1) is 21.3. The number of carbonyl (C=O) groups excluding carboxylic acids is 3. The predicted molar refractivity (Wildman–Crippen MR) is 112 cm³/mol. The van der Waals surface area contributed by atoms with Crippen molar-refractivity contribution >= 4 is 23.4 Å². The Hall–Kier alpha value is -2.41. The molecule has 1 atom stereocenters. The van der Waals surface area contributed by atoms with Crippen molar-refractivity contribution in [3.05, 3.63) is 29.8 Å². The fourth-order valence-electron chi connectivity index (χ4n) is 3.95. The minimum Gasteiger partial charge on any atom is -0.353 e. The molecule has 2 saturated heterocycles. The van der Waals surface area contributed by atoms with E-state index in [9.17, 15) is 14.4 Å². The number of carbonyl (C=O) groups is 3. The number of anilines is 1. The molecule has 0 unspecified atom stereocenters. The zero-order valence-electron chi connectivity index (χ0n) is 17.7. The Morgan fingerprint density at radius 1 is 1.17 bits per heavy atom. The number of hydrogen-bond donors (Lipinski definition) is 2. The van der Waals surface area contributed by atoms with Gasteiger partial charge in [0.2, 0.25) is 17.7 Å². The van der Waals surface area contributed by atoms with Crippen molar-refractivity contribution in [3.8, 4) is 0 Å². The second-order valence-corrected chi connectivity index (χ2v) is 9.13. The van der Waals surface area contributed by atoms with Crippen molar-refractivity contribution in [2.45, 2.75) is 52.6 Å². The summed E-state index contributed by atoms with van der Waals surface area (Å²) in [5.41, 5.74) is 1.93. The minimum absolute atomic E-state index is 0.0603. The lowest BCUT2D eigenvalue weighted by molar-refractivity contribution is -0.134. The third kappa shape index (κ3) is 5.79. The average molecular weight is 401 g/mol. The molecule has 0 bridgehead atoms. The minimum atomic E-state index is -0.425. The van der Waals surface area contributed by atoms with Crippen LogP contribution in [0.25, 0.3) is 0 Å². The second-order valence-electron chi connectivity index (χ2n) is 9.13. The van der Waals surface area contributed by atoms with E-state index in [-0.39, 0.29) is 29.6 Å². The summed E-state index contributed by atoms with van der Waals surface area (Å²) < 4.78 is 0. The topological polar surface area (TPSA) is 81.8 Å². The number of hydrogen-bond acceptors (Lipinski definition) is 4. The van der Waals surface area contributed by atoms with Gasteiger partial charge in [-0.2, -0.15) is 0 Å². The molecular weight excluding hydrogens is 368 g/mol.